The van der Waals surface area contributed by atoms with E-state index in [1.165, 1.54) is 0 Å². The van der Waals surface area contributed by atoms with E-state index < -0.39 is 0 Å². The van der Waals surface area contributed by atoms with Gasteiger partial charge in [0.15, 0.2) is 0 Å². The molecule has 0 amide bonds. The van der Waals surface area contributed by atoms with Gasteiger partial charge in [-0.15, -0.1) is 0 Å². The van der Waals surface area contributed by atoms with E-state index in [1.54, 1.807) is 0 Å². The molecular weight excluding hydrogens is 188 g/mol. The summed E-state index contributed by atoms with van der Waals surface area (Å²) in [5.41, 5.74) is 0.121. The highest BCUT2D eigenvalue weighted by Gasteiger charge is 2.52. The van der Waals surface area contributed by atoms with Gasteiger partial charge in [0.05, 0.1) is 0 Å². The first kappa shape index (κ1) is 10.8. The Balaban J connectivity index is 2.24. The lowest BCUT2D eigenvalue weighted by Gasteiger charge is -2.41. The van der Waals surface area contributed by atoms with Crippen molar-refractivity contribution in [2.75, 3.05) is 0 Å². The Morgan fingerprint density at radius 2 is 2.20 bits per heavy atom. The smallest absolute Gasteiger partial charge is 0.136 e. The number of ketones is 1. The Kier molecular flexibility index (Phi) is 2.70. The van der Waals surface area contributed by atoms with Gasteiger partial charge in [0.2, 0.25) is 0 Å². The zero-order valence-corrected chi connectivity index (χ0v) is 9.66. The van der Waals surface area contributed by atoms with Crippen molar-refractivity contribution in [2.45, 2.75) is 46.0 Å². The molecule has 0 saturated heterocycles. The largest absolute Gasteiger partial charge is 0.303 e. The molecule has 0 heterocycles. The molecule has 0 N–H and O–H groups in total. The fourth-order valence-electron chi connectivity index (χ4n) is 3.93. The molecule has 0 spiro atoms. The third kappa shape index (κ3) is 1.54. The van der Waals surface area contributed by atoms with Gasteiger partial charge in [0.1, 0.15) is 12.1 Å². The molecule has 2 fully saturated rings. The van der Waals surface area contributed by atoms with Crippen LogP contribution < -0.4 is 0 Å². The zero-order chi connectivity index (χ0) is 11.1. The maximum Gasteiger partial charge on any atom is 0.136 e. The Morgan fingerprint density at radius 1 is 1.47 bits per heavy atom. The van der Waals surface area contributed by atoms with Gasteiger partial charge in [-0.3, -0.25) is 4.79 Å². The summed E-state index contributed by atoms with van der Waals surface area (Å²) < 4.78 is 0. The number of hydrogen-bond acceptors (Lipinski definition) is 2. The van der Waals surface area contributed by atoms with Gasteiger partial charge >= 0.3 is 0 Å². The standard InChI is InChI=1S/C13H20O2/c1-9(8-14)10-5-6-11-12(15)4-3-7-13(10,11)2/h8-11H,3-7H2,1-2H3/t9-,10-,11-,13-/m1/s1. The summed E-state index contributed by atoms with van der Waals surface area (Å²) in [6, 6.07) is 0. The monoisotopic (exact) mass is 208 g/mol. The first-order chi connectivity index (χ1) is 7.09. The van der Waals surface area contributed by atoms with Crippen LogP contribution in [0.2, 0.25) is 0 Å². The second kappa shape index (κ2) is 3.73. The molecule has 2 aliphatic carbocycles. The minimum absolute atomic E-state index is 0.117. The van der Waals surface area contributed by atoms with Gasteiger partial charge < -0.3 is 4.79 Å². The Morgan fingerprint density at radius 3 is 2.87 bits per heavy atom. The van der Waals surface area contributed by atoms with Crippen LogP contribution >= 0.6 is 0 Å². The average molecular weight is 208 g/mol. The summed E-state index contributed by atoms with van der Waals surface area (Å²) in [6.45, 7) is 4.23. The maximum atomic E-state index is 11.8. The SMILES string of the molecule is C[C@H](C=O)[C@H]1CC[C@@H]2C(=O)CCC[C@@]21C. The molecule has 2 rings (SSSR count). The quantitative estimate of drug-likeness (QED) is 0.654. The normalized spacial score (nSPS) is 42.4. The lowest BCUT2D eigenvalue weighted by Crippen LogP contribution is -2.39. The third-order valence-corrected chi connectivity index (χ3v) is 4.79. The van der Waals surface area contributed by atoms with Gasteiger partial charge in [-0.2, -0.15) is 0 Å². The Labute approximate surface area is 91.4 Å². The van der Waals surface area contributed by atoms with Crippen LogP contribution in [0.3, 0.4) is 0 Å². The van der Waals surface area contributed by atoms with Gasteiger partial charge in [-0.1, -0.05) is 13.8 Å². The molecule has 2 nitrogen and oxygen atoms in total. The van der Waals surface area contributed by atoms with Crippen molar-refractivity contribution >= 4 is 12.1 Å². The van der Waals surface area contributed by atoms with Crippen molar-refractivity contribution in [3.05, 3.63) is 0 Å². The van der Waals surface area contributed by atoms with Gasteiger partial charge in [0.25, 0.3) is 0 Å². The van der Waals surface area contributed by atoms with E-state index in [9.17, 15) is 9.59 Å². The van der Waals surface area contributed by atoms with Crippen molar-refractivity contribution in [1.29, 1.82) is 0 Å². The van der Waals surface area contributed by atoms with Crippen LogP contribution in [0, 0.1) is 23.2 Å². The highest BCUT2D eigenvalue weighted by atomic mass is 16.1. The van der Waals surface area contributed by atoms with E-state index in [0.29, 0.717) is 11.7 Å². The highest BCUT2D eigenvalue weighted by molar-refractivity contribution is 5.83. The fraction of sp³-hybridized carbons (Fsp3) is 0.846. The lowest BCUT2D eigenvalue weighted by atomic mass is 9.62. The predicted octanol–water partition coefficient (Wildman–Crippen LogP) is 2.61. The summed E-state index contributed by atoms with van der Waals surface area (Å²) in [4.78, 5) is 22.8. The van der Waals surface area contributed by atoms with E-state index in [0.717, 1.165) is 38.4 Å². The van der Waals surface area contributed by atoms with Gasteiger partial charge in [0, 0.05) is 18.3 Å². The highest BCUT2D eigenvalue weighted by Crippen LogP contribution is 2.56. The molecule has 0 radical (unpaired) electrons. The molecule has 2 saturated carbocycles. The van der Waals surface area contributed by atoms with E-state index >= 15 is 0 Å². The minimum Gasteiger partial charge on any atom is -0.303 e. The number of carbonyl (C=O) groups excluding carboxylic acids is 2. The van der Waals surface area contributed by atoms with E-state index in [1.807, 2.05) is 6.92 Å². The Bertz CT molecular complexity index is 284. The van der Waals surface area contributed by atoms with Crippen molar-refractivity contribution in [3.63, 3.8) is 0 Å². The van der Waals surface area contributed by atoms with Crippen LogP contribution in [0.15, 0.2) is 0 Å². The number of fused-ring (bicyclic) bond motifs is 1. The fourth-order valence-corrected chi connectivity index (χ4v) is 3.93. The van der Waals surface area contributed by atoms with Gasteiger partial charge in [-0.05, 0) is 37.0 Å². The molecule has 84 valence electrons. The average Bonchev–Trinajstić information content (AvgIpc) is 2.56. The minimum atomic E-state index is 0.117. The summed E-state index contributed by atoms with van der Waals surface area (Å²) in [6.07, 6.45) is 6.06. The maximum absolute atomic E-state index is 11.8. The molecule has 0 aliphatic heterocycles. The summed E-state index contributed by atoms with van der Waals surface area (Å²) in [7, 11) is 0. The third-order valence-electron chi connectivity index (χ3n) is 4.79. The predicted molar refractivity (Wildman–Crippen MR) is 58.4 cm³/mol. The van der Waals surface area contributed by atoms with Crippen molar-refractivity contribution in [2.24, 2.45) is 23.2 Å². The molecule has 2 aliphatic rings. The number of carbonyl (C=O) groups is 2. The second-order valence-electron chi connectivity index (χ2n) is 5.56. The van der Waals surface area contributed by atoms with Crippen molar-refractivity contribution in [1.82, 2.24) is 0 Å². The van der Waals surface area contributed by atoms with E-state index in [-0.39, 0.29) is 17.3 Å². The molecule has 0 bridgehead atoms. The number of aldehydes is 1. The molecule has 0 aromatic heterocycles. The summed E-state index contributed by atoms with van der Waals surface area (Å²) in [5, 5.41) is 0. The van der Waals surface area contributed by atoms with Crippen LogP contribution in [0.25, 0.3) is 0 Å². The second-order valence-corrected chi connectivity index (χ2v) is 5.56. The molecule has 4 atom stereocenters. The molecular formula is C13H20O2. The molecule has 0 aromatic carbocycles. The van der Waals surface area contributed by atoms with Crippen LogP contribution in [0.1, 0.15) is 46.0 Å². The van der Waals surface area contributed by atoms with Crippen molar-refractivity contribution < 1.29 is 9.59 Å². The van der Waals surface area contributed by atoms with Crippen molar-refractivity contribution in [3.8, 4) is 0 Å². The van der Waals surface area contributed by atoms with E-state index in [2.05, 4.69) is 6.92 Å². The number of rotatable bonds is 2. The molecule has 15 heavy (non-hydrogen) atoms. The van der Waals surface area contributed by atoms with Crippen LogP contribution in [-0.4, -0.2) is 12.1 Å². The number of Topliss-reactive ketones (excluding diaryl/α,β-unsaturated/α-hetero) is 1. The summed E-state index contributed by atoms with van der Waals surface area (Å²) >= 11 is 0. The van der Waals surface area contributed by atoms with Crippen LogP contribution in [0.5, 0.6) is 0 Å². The Hall–Kier alpha value is -0.660. The molecule has 0 aromatic rings. The van der Waals surface area contributed by atoms with Gasteiger partial charge in [-0.25, -0.2) is 0 Å². The number of hydrogen-bond donors (Lipinski definition) is 0. The zero-order valence-electron chi connectivity index (χ0n) is 9.66. The van der Waals surface area contributed by atoms with Crippen LogP contribution in [0.4, 0.5) is 0 Å². The summed E-state index contributed by atoms with van der Waals surface area (Å²) in [5.74, 6) is 1.25. The van der Waals surface area contributed by atoms with Crippen LogP contribution in [-0.2, 0) is 9.59 Å². The molecule has 0 unspecified atom stereocenters. The lowest BCUT2D eigenvalue weighted by molar-refractivity contribution is -0.131. The molecule has 2 heteroatoms. The topological polar surface area (TPSA) is 34.1 Å². The first-order valence-electron chi connectivity index (χ1n) is 6.07. The van der Waals surface area contributed by atoms with E-state index in [4.69, 9.17) is 0 Å². The first-order valence-corrected chi connectivity index (χ1v) is 6.07.